The van der Waals surface area contributed by atoms with Crippen molar-refractivity contribution in [2.45, 2.75) is 0 Å². The van der Waals surface area contributed by atoms with Gasteiger partial charge in [-0.3, -0.25) is 4.79 Å². The van der Waals surface area contributed by atoms with E-state index in [1.165, 1.54) is 0 Å². The van der Waals surface area contributed by atoms with Crippen LogP contribution in [-0.4, -0.2) is 32.9 Å². The third-order valence-corrected chi connectivity index (χ3v) is 4.55. The molecule has 0 aliphatic heterocycles. The molecule has 0 spiro atoms. The monoisotopic (exact) mass is 442 g/mol. The lowest BCUT2D eigenvalue weighted by Crippen LogP contribution is -2.24. The summed E-state index contributed by atoms with van der Waals surface area (Å²) in [5, 5.41) is 5.96. The Labute approximate surface area is 171 Å². The second-order valence-electron chi connectivity index (χ2n) is 5.80. The van der Waals surface area contributed by atoms with Crippen LogP contribution in [0.15, 0.2) is 64.2 Å². The lowest BCUT2D eigenvalue weighted by Gasteiger charge is -2.10. The molecule has 0 fully saturated rings. The number of hydrogen-bond donors (Lipinski definition) is 1. The Balaban J connectivity index is 1.71. The Bertz CT molecular complexity index is 998. The number of rotatable bonds is 7. The summed E-state index contributed by atoms with van der Waals surface area (Å²) in [5.74, 6) is 1.60. The number of carbonyl (C=O) groups excluding carboxylic acids is 1. The van der Waals surface area contributed by atoms with E-state index in [4.69, 9.17) is 14.2 Å². The second-order valence-corrected chi connectivity index (χ2v) is 6.72. The van der Waals surface area contributed by atoms with Crippen LogP contribution in [-0.2, 0) is 4.79 Å². The molecule has 0 heterocycles. The van der Waals surface area contributed by atoms with Gasteiger partial charge >= 0.3 is 0 Å². The molecule has 3 aromatic carbocycles. The van der Waals surface area contributed by atoms with Gasteiger partial charge in [-0.05, 0) is 53.2 Å². The molecule has 3 aromatic rings. The van der Waals surface area contributed by atoms with Gasteiger partial charge in [0.2, 0.25) is 0 Å². The lowest BCUT2D eigenvalue weighted by atomic mass is 10.0. The first kappa shape index (κ1) is 19.7. The van der Waals surface area contributed by atoms with Crippen LogP contribution in [0.5, 0.6) is 17.2 Å². The fourth-order valence-corrected chi connectivity index (χ4v) is 2.89. The van der Waals surface area contributed by atoms with Crippen LogP contribution >= 0.6 is 15.9 Å². The topological polar surface area (TPSA) is 69.2 Å². The van der Waals surface area contributed by atoms with Gasteiger partial charge in [0.25, 0.3) is 5.91 Å². The molecule has 0 saturated carbocycles. The van der Waals surface area contributed by atoms with Crippen LogP contribution < -0.4 is 19.6 Å². The molecule has 1 N–H and O–H groups in total. The molecular formula is C21H19BrN2O4. The second kappa shape index (κ2) is 9.23. The molecule has 0 aliphatic carbocycles. The molecule has 0 aromatic heterocycles. The highest BCUT2D eigenvalue weighted by Gasteiger charge is 2.08. The van der Waals surface area contributed by atoms with E-state index < -0.39 is 0 Å². The minimum Gasteiger partial charge on any atom is -0.497 e. The van der Waals surface area contributed by atoms with Crippen LogP contribution in [0.3, 0.4) is 0 Å². The molecular weight excluding hydrogens is 424 g/mol. The number of nitrogens with zero attached hydrogens (tertiary/aromatic N) is 1. The van der Waals surface area contributed by atoms with Crippen molar-refractivity contribution in [3.8, 4) is 17.2 Å². The molecule has 144 valence electrons. The number of ether oxygens (including phenoxy) is 3. The first-order valence-corrected chi connectivity index (χ1v) is 9.25. The highest BCUT2D eigenvalue weighted by molar-refractivity contribution is 9.10. The molecule has 0 saturated heterocycles. The summed E-state index contributed by atoms with van der Waals surface area (Å²) in [6.07, 6.45) is 1.55. The van der Waals surface area contributed by atoms with E-state index >= 15 is 0 Å². The number of amides is 1. The summed E-state index contributed by atoms with van der Waals surface area (Å²) in [6, 6.07) is 16.8. The standard InChI is InChI=1S/C21H19BrN2O4/c1-26-17-7-3-14-4-10-20(27-2)19(18(14)11-17)12-23-24-21(25)13-28-16-8-5-15(22)6-9-16/h3-12H,13H2,1-2H3,(H,24,25)/b23-12-. The number of benzene rings is 3. The molecule has 1 amide bonds. The Morgan fingerprint density at radius 1 is 1.04 bits per heavy atom. The largest absolute Gasteiger partial charge is 0.497 e. The number of fused-ring (bicyclic) bond motifs is 1. The number of halogens is 1. The predicted molar refractivity (Wildman–Crippen MR) is 112 cm³/mol. The highest BCUT2D eigenvalue weighted by atomic mass is 79.9. The highest BCUT2D eigenvalue weighted by Crippen LogP contribution is 2.29. The average Bonchev–Trinajstić information content (AvgIpc) is 2.73. The van der Waals surface area contributed by atoms with E-state index in [0.29, 0.717) is 11.5 Å². The smallest absolute Gasteiger partial charge is 0.277 e. The SMILES string of the molecule is COc1ccc2ccc(OC)c(/C=N\NC(=O)COc3ccc(Br)cc3)c2c1. The normalized spacial score (nSPS) is 10.8. The van der Waals surface area contributed by atoms with Gasteiger partial charge in [0, 0.05) is 10.0 Å². The molecule has 6 nitrogen and oxygen atoms in total. The molecule has 0 radical (unpaired) electrons. The van der Waals surface area contributed by atoms with Crippen molar-refractivity contribution >= 4 is 38.8 Å². The van der Waals surface area contributed by atoms with E-state index in [9.17, 15) is 4.79 Å². The van der Waals surface area contributed by atoms with Crippen molar-refractivity contribution in [3.63, 3.8) is 0 Å². The molecule has 0 unspecified atom stereocenters. The van der Waals surface area contributed by atoms with Crippen molar-refractivity contribution in [1.82, 2.24) is 5.43 Å². The van der Waals surface area contributed by atoms with Crippen molar-refractivity contribution in [1.29, 1.82) is 0 Å². The van der Waals surface area contributed by atoms with Crippen molar-refractivity contribution in [3.05, 3.63) is 64.6 Å². The third-order valence-electron chi connectivity index (χ3n) is 4.02. The van der Waals surface area contributed by atoms with E-state index in [2.05, 4.69) is 26.5 Å². The van der Waals surface area contributed by atoms with Crippen LogP contribution in [0, 0.1) is 0 Å². The third kappa shape index (κ3) is 4.80. The molecule has 28 heavy (non-hydrogen) atoms. The van der Waals surface area contributed by atoms with Gasteiger partial charge in [-0.1, -0.05) is 28.1 Å². The maximum atomic E-state index is 12.0. The minimum atomic E-state index is -0.365. The Morgan fingerprint density at radius 2 is 1.75 bits per heavy atom. The predicted octanol–water partition coefficient (Wildman–Crippen LogP) is 4.15. The Kier molecular flexibility index (Phi) is 6.49. The zero-order valence-corrected chi connectivity index (χ0v) is 17.0. The fraction of sp³-hybridized carbons (Fsp3) is 0.143. The van der Waals surface area contributed by atoms with Gasteiger partial charge in [0.1, 0.15) is 17.2 Å². The number of nitrogens with one attached hydrogen (secondary N) is 1. The Morgan fingerprint density at radius 3 is 2.46 bits per heavy atom. The van der Waals surface area contributed by atoms with Crippen LogP contribution in [0.1, 0.15) is 5.56 Å². The number of hydrazone groups is 1. The number of carbonyl (C=O) groups is 1. The van der Waals surface area contributed by atoms with Crippen LogP contribution in [0.2, 0.25) is 0 Å². The van der Waals surface area contributed by atoms with E-state index in [1.54, 1.807) is 32.6 Å². The average molecular weight is 443 g/mol. The maximum absolute atomic E-state index is 12.0. The molecule has 0 bridgehead atoms. The fourth-order valence-electron chi connectivity index (χ4n) is 2.62. The van der Waals surface area contributed by atoms with Gasteiger partial charge in [0.05, 0.1) is 20.4 Å². The first-order chi connectivity index (χ1) is 13.6. The first-order valence-electron chi connectivity index (χ1n) is 8.45. The van der Waals surface area contributed by atoms with Gasteiger partial charge in [0.15, 0.2) is 6.61 Å². The number of methoxy groups -OCH3 is 2. The Hall–Kier alpha value is -3.06. The van der Waals surface area contributed by atoms with Crippen LogP contribution in [0.25, 0.3) is 10.8 Å². The number of hydrogen-bond acceptors (Lipinski definition) is 5. The molecule has 7 heteroatoms. The summed E-state index contributed by atoms with van der Waals surface area (Å²) >= 11 is 3.35. The van der Waals surface area contributed by atoms with Crippen molar-refractivity contribution < 1.29 is 19.0 Å². The summed E-state index contributed by atoms with van der Waals surface area (Å²) in [7, 11) is 3.20. The van der Waals surface area contributed by atoms with Gasteiger partial charge < -0.3 is 14.2 Å². The lowest BCUT2D eigenvalue weighted by molar-refractivity contribution is -0.123. The molecule has 3 rings (SSSR count). The summed E-state index contributed by atoms with van der Waals surface area (Å²) in [4.78, 5) is 12.0. The summed E-state index contributed by atoms with van der Waals surface area (Å²) in [5.41, 5.74) is 3.21. The van der Waals surface area contributed by atoms with Gasteiger partial charge in [-0.25, -0.2) is 5.43 Å². The van der Waals surface area contributed by atoms with E-state index in [0.717, 1.165) is 26.6 Å². The minimum absolute atomic E-state index is 0.139. The summed E-state index contributed by atoms with van der Waals surface area (Å²) < 4.78 is 17.1. The summed E-state index contributed by atoms with van der Waals surface area (Å²) in [6.45, 7) is -0.139. The zero-order valence-electron chi connectivity index (χ0n) is 15.4. The maximum Gasteiger partial charge on any atom is 0.277 e. The zero-order chi connectivity index (χ0) is 19.9. The van der Waals surface area contributed by atoms with Gasteiger partial charge in [-0.15, -0.1) is 0 Å². The van der Waals surface area contributed by atoms with Crippen molar-refractivity contribution in [2.24, 2.45) is 5.10 Å². The quantitative estimate of drug-likeness (QED) is 0.440. The van der Waals surface area contributed by atoms with Gasteiger partial charge in [-0.2, -0.15) is 5.10 Å². The van der Waals surface area contributed by atoms with E-state index in [-0.39, 0.29) is 12.5 Å². The van der Waals surface area contributed by atoms with Crippen LogP contribution in [0.4, 0.5) is 0 Å². The molecule has 0 atom stereocenters. The van der Waals surface area contributed by atoms with E-state index in [1.807, 2.05) is 42.5 Å². The molecule has 0 aliphatic rings. The van der Waals surface area contributed by atoms with Crippen molar-refractivity contribution in [2.75, 3.05) is 20.8 Å².